The quantitative estimate of drug-likeness (QED) is 0.503. The number of halogens is 1. The van der Waals surface area contributed by atoms with Crippen LogP contribution in [0.5, 0.6) is 0 Å². The summed E-state index contributed by atoms with van der Waals surface area (Å²) in [5.41, 5.74) is 6.06. The lowest BCUT2D eigenvalue weighted by Crippen LogP contribution is -2.40. The summed E-state index contributed by atoms with van der Waals surface area (Å²) in [6.45, 7) is 4.76. The van der Waals surface area contributed by atoms with Crippen molar-refractivity contribution in [3.8, 4) is 11.1 Å². The summed E-state index contributed by atoms with van der Waals surface area (Å²) in [6, 6.07) is 11.8. The molecule has 0 bridgehead atoms. The summed E-state index contributed by atoms with van der Waals surface area (Å²) in [5.74, 6) is -0.662. The van der Waals surface area contributed by atoms with E-state index in [2.05, 4.69) is 10.3 Å². The fraction of sp³-hybridized carbons (Fsp3) is 0.259. The number of hydrogen-bond donors (Lipinski definition) is 3. The van der Waals surface area contributed by atoms with E-state index in [0.29, 0.717) is 59.6 Å². The topological polar surface area (TPSA) is 85.4 Å². The number of hydrogen-bond acceptors (Lipinski definition) is 3. The van der Waals surface area contributed by atoms with E-state index in [9.17, 15) is 19.1 Å². The van der Waals surface area contributed by atoms with Crippen molar-refractivity contribution in [2.45, 2.75) is 32.8 Å². The Kier molecular flexibility index (Phi) is 5.57. The fourth-order valence-electron chi connectivity index (χ4n) is 4.89. The molecule has 7 heteroatoms. The average Bonchev–Trinajstić information content (AvgIpc) is 3.28. The number of nitrogens with one attached hydrogen (secondary N) is 2. The third-order valence-electron chi connectivity index (χ3n) is 6.69. The Balaban J connectivity index is 1.56. The van der Waals surface area contributed by atoms with E-state index < -0.39 is 0 Å². The van der Waals surface area contributed by atoms with E-state index in [1.807, 2.05) is 38.1 Å². The molecule has 2 aliphatic rings. The SMILES string of the molecule is Cc1[nH]c(C=C2C(=O)Nc3cccc(-c4cccc(F)c4)c32)c(C)c1C(=O)N1CCC(O)CC1. The van der Waals surface area contributed by atoms with E-state index in [0.717, 1.165) is 16.8 Å². The van der Waals surface area contributed by atoms with Gasteiger partial charge < -0.3 is 20.3 Å². The number of rotatable bonds is 3. The lowest BCUT2D eigenvalue weighted by molar-refractivity contribution is -0.110. The van der Waals surface area contributed by atoms with Crippen LogP contribution in [-0.4, -0.2) is 46.0 Å². The minimum Gasteiger partial charge on any atom is -0.393 e. The summed E-state index contributed by atoms with van der Waals surface area (Å²) in [4.78, 5) is 31.2. The molecule has 2 amide bonds. The number of carbonyl (C=O) groups is 2. The minimum atomic E-state index is -0.356. The number of nitrogens with zero attached hydrogens (tertiary/aromatic N) is 1. The number of fused-ring (bicyclic) bond motifs is 1. The molecule has 0 spiro atoms. The monoisotopic (exact) mass is 459 g/mol. The van der Waals surface area contributed by atoms with Gasteiger partial charge in [-0.3, -0.25) is 9.59 Å². The Morgan fingerprint density at radius 3 is 2.62 bits per heavy atom. The van der Waals surface area contributed by atoms with E-state index >= 15 is 0 Å². The van der Waals surface area contributed by atoms with Gasteiger partial charge in [-0.15, -0.1) is 0 Å². The Morgan fingerprint density at radius 2 is 1.88 bits per heavy atom. The number of carbonyl (C=O) groups excluding carboxylic acids is 2. The van der Waals surface area contributed by atoms with Gasteiger partial charge in [0.15, 0.2) is 0 Å². The number of H-pyrrole nitrogens is 1. The maximum Gasteiger partial charge on any atom is 0.256 e. The number of likely N-dealkylation sites (tertiary alicyclic amines) is 1. The number of anilines is 1. The summed E-state index contributed by atoms with van der Waals surface area (Å²) in [6.07, 6.45) is 2.56. The number of aromatic nitrogens is 1. The normalized spacial score (nSPS) is 17.2. The Hall–Kier alpha value is -3.71. The van der Waals surface area contributed by atoms with Crippen molar-refractivity contribution in [1.82, 2.24) is 9.88 Å². The number of benzene rings is 2. The van der Waals surface area contributed by atoms with Gasteiger partial charge in [0.25, 0.3) is 11.8 Å². The van der Waals surface area contributed by atoms with Crippen LogP contribution in [0.25, 0.3) is 22.8 Å². The van der Waals surface area contributed by atoms with E-state index in [1.165, 1.54) is 12.1 Å². The molecule has 1 saturated heterocycles. The molecular formula is C27H26FN3O3. The first-order valence-corrected chi connectivity index (χ1v) is 11.4. The Bertz CT molecular complexity index is 1330. The van der Waals surface area contributed by atoms with Gasteiger partial charge >= 0.3 is 0 Å². The zero-order valence-corrected chi connectivity index (χ0v) is 19.1. The number of piperidine rings is 1. The van der Waals surface area contributed by atoms with Crippen LogP contribution in [-0.2, 0) is 4.79 Å². The maximum absolute atomic E-state index is 13.9. The van der Waals surface area contributed by atoms with Crippen LogP contribution in [0.3, 0.4) is 0 Å². The molecule has 34 heavy (non-hydrogen) atoms. The van der Waals surface area contributed by atoms with Crippen molar-refractivity contribution in [2.75, 3.05) is 18.4 Å². The van der Waals surface area contributed by atoms with Crippen LogP contribution >= 0.6 is 0 Å². The molecule has 2 aromatic carbocycles. The van der Waals surface area contributed by atoms with Gasteiger partial charge in [-0.1, -0.05) is 24.3 Å². The molecule has 0 atom stereocenters. The predicted octanol–water partition coefficient (Wildman–Crippen LogP) is 4.53. The second-order valence-electron chi connectivity index (χ2n) is 8.94. The molecule has 174 valence electrons. The van der Waals surface area contributed by atoms with Crippen LogP contribution in [0.1, 0.15) is 45.7 Å². The zero-order chi connectivity index (χ0) is 24.0. The summed E-state index contributed by atoms with van der Waals surface area (Å²) < 4.78 is 13.9. The van der Waals surface area contributed by atoms with Crippen LogP contribution < -0.4 is 5.32 Å². The van der Waals surface area contributed by atoms with Gasteiger partial charge in [-0.05, 0) is 67.7 Å². The van der Waals surface area contributed by atoms with Crippen LogP contribution in [0, 0.1) is 19.7 Å². The van der Waals surface area contributed by atoms with Gasteiger partial charge in [0.05, 0.1) is 17.2 Å². The van der Waals surface area contributed by atoms with Gasteiger partial charge in [0.2, 0.25) is 0 Å². The summed E-state index contributed by atoms with van der Waals surface area (Å²) >= 11 is 0. The van der Waals surface area contributed by atoms with Crippen molar-refractivity contribution >= 4 is 29.2 Å². The highest BCUT2D eigenvalue weighted by atomic mass is 19.1. The molecule has 6 nitrogen and oxygen atoms in total. The molecular weight excluding hydrogens is 433 g/mol. The standard InChI is InChI=1S/C27H26FN3O3/c1-15-23(29-16(2)24(15)27(34)31-11-9-19(32)10-12-31)14-21-25-20(17-5-3-6-18(28)13-17)7-4-8-22(25)30-26(21)33/h3-8,13-14,19,29,32H,9-12H2,1-2H3,(H,30,33). The lowest BCUT2D eigenvalue weighted by Gasteiger charge is -2.29. The van der Waals surface area contributed by atoms with Crippen LogP contribution in [0.2, 0.25) is 0 Å². The molecule has 2 aliphatic heterocycles. The molecule has 3 N–H and O–H groups in total. The molecule has 5 rings (SSSR count). The average molecular weight is 460 g/mol. The van der Waals surface area contributed by atoms with Gasteiger partial charge in [-0.2, -0.15) is 0 Å². The van der Waals surface area contributed by atoms with Crippen LogP contribution in [0.4, 0.5) is 10.1 Å². The second-order valence-corrected chi connectivity index (χ2v) is 8.94. The number of aliphatic hydroxyl groups excluding tert-OH is 1. The van der Waals surface area contributed by atoms with Crippen molar-refractivity contribution in [2.24, 2.45) is 0 Å². The zero-order valence-electron chi connectivity index (χ0n) is 19.1. The molecule has 0 unspecified atom stereocenters. The Morgan fingerprint density at radius 1 is 1.15 bits per heavy atom. The number of aromatic amines is 1. The first kappa shape index (κ1) is 22.1. The summed E-state index contributed by atoms with van der Waals surface area (Å²) in [5, 5.41) is 12.7. The van der Waals surface area contributed by atoms with Gasteiger partial charge in [-0.25, -0.2) is 4.39 Å². The first-order valence-electron chi connectivity index (χ1n) is 11.4. The smallest absolute Gasteiger partial charge is 0.256 e. The third kappa shape index (κ3) is 3.82. The highest BCUT2D eigenvalue weighted by Crippen LogP contribution is 2.41. The largest absolute Gasteiger partial charge is 0.393 e. The second kappa shape index (κ2) is 8.57. The van der Waals surface area contributed by atoms with Gasteiger partial charge in [0, 0.05) is 35.7 Å². The molecule has 1 aromatic heterocycles. The fourth-order valence-corrected chi connectivity index (χ4v) is 4.89. The van der Waals surface area contributed by atoms with Gasteiger partial charge in [0.1, 0.15) is 5.82 Å². The third-order valence-corrected chi connectivity index (χ3v) is 6.69. The molecule has 1 fully saturated rings. The molecule has 3 aromatic rings. The van der Waals surface area contributed by atoms with E-state index in [4.69, 9.17) is 0 Å². The highest BCUT2D eigenvalue weighted by Gasteiger charge is 2.30. The van der Waals surface area contributed by atoms with Crippen molar-refractivity contribution in [3.05, 3.63) is 76.4 Å². The summed E-state index contributed by atoms with van der Waals surface area (Å²) in [7, 11) is 0. The highest BCUT2D eigenvalue weighted by molar-refractivity contribution is 6.36. The number of aliphatic hydroxyl groups is 1. The predicted molar refractivity (Wildman–Crippen MR) is 130 cm³/mol. The first-order chi connectivity index (χ1) is 16.3. The minimum absolute atomic E-state index is 0.0699. The van der Waals surface area contributed by atoms with Crippen molar-refractivity contribution in [3.63, 3.8) is 0 Å². The number of aryl methyl sites for hydroxylation is 1. The molecule has 0 saturated carbocycles. The van der Waals surface area contributed by atoms with Crippen molar-refractivity contribution in [1.29, 1.82) is 0 Å². The maximum atomic E-state index is 13.9. The lowest BCUT2D eigenvalue weighted by atomic mass is 9.94. The van der Waals surface area contributed by atoms with E-state index in [1.54, 1.807) is 17.0 Å². The van der Waals surface area contributed by atoms with Crippen LogP contribution in [0.15, 0.2) is 42.5 Å². The van der Waals surface area contributed by atoms with E-state index in [-0.39, 0.29) is 23.7 Å². The molecule has 3 heterocycles. The Labute approximate surface area is 197 Å². The molecule has 0 radical (unpaired) electrons. The number of amides is 2. The van der Waals surface area contributed by atoms with Crippen molar-refractivity contribution < 1.29 is 19.1 Å². The molecule has 0 aliphatic carbocycles.